The molecule has 3 aromatic rings. The minimum atomic E-state index is -1.43. The number of carbonyl (C=O) groups is 1. The second-order valence-corrected chi connectivity index (χ2v) is 14.7. The van der Waals surface area contributed by atoms with Gasteiger partial charge in [0, 0.05) is 44.2 Å². The van der Waals surface area contributed by atoms with Crippen LogP contribution in [0, 0.1) is 27.9 Å². The summed E-state index contributed by atoms with van der Waals surface area (Å²) < 4.78 is 25.8. The van der Waals surface area contributed by atoms with Gasteiger partial charge >= 0.3 is 6.09 Å². The standard InChI is InChI=1S/C44H53N3O10/c1-4-24-54-44-40(46(3)43(50)53-5-2)28-38(45-55-29-30-14-7-6-8-15-30)36-25-31(16-9-11-22-48)35(19-10-12-23-49)41(42(36)44)37-27-34(20-21-39(37)57-44)56-33-18-13-17-32(26-33)47(51)52/h4,6-8,13-15,17-18,20-21,25-27,31,35,40-42,48-49H,1,5,9-12,16,19,22-24,28-29H2,2-3H3/t31-,35+,40-,41+,42+,44+/m0/s1. The van der Waals surface area contributed by atoms with Gasteiger partial charge in [0.15, 0.2) is 0 Å². The Labute approximate surface area is 333 Å². The van der Waals surface area contributed by atoms with Crippen LogP contribution in [0.4, 0.5) is 10.5 Å². The highest BCUT2D eigenvalue weighted by Gasteiger charge is 2.65. The number of benzene rings is 3. The summed E-state index contributed by atoms with van der Waals surface area (Å²) in [6.07, 6.45) is 8.02. The Morgan fingerprint density at radius 3 is 2.51 bits per heavy atom. The van der Waals surface area contributed by atoms with Crippen LogP contribution in [0.3, 0.4) is 0 Å². The van der Waals surface area contributed by atoms with E-state index >= 15 is 0 Å². The fourth-order valence-corrected chi connectivity index (χ4v) is 8.70. The second-order valence-electron chi connectivity index (χ2n) is 14.7. The summed E-state index contributed by atoms with van der Waals surface area (Å²) in [6.45, 7) is 6.40. The molecular formula is C44H53N3O10. The number of likely N-dealkylation sites (N-methyl/N-ethyl adjacent to an activating group) is 1. The van der Waals surface area contributed by atoms with E-state index in [0.29, 0.717) is 35.8 Å². The number of unbranched alkanes of at least 4 members (excludes halogenated alkanes) is 2. The summed E-state index contributed by atoms with van der Waals surface area (Å²) in [5.41, 5.74) is 3.28. The molecule has 304 valence electrons. The Kier molecular flexibility index (Phi) is 14.0. The van der Waals surface area contributed by atoms with Crippen LogP contribution in [0.25, 0.3) is 0 Å². The van der Waals surface area contributed by atoms with E-state index in [0.717, 1.165) is 42.4 Å². The number of carbonyl (C=O) groups excluding carboxylic acids is 1. The van der Waals surface area contributed by atoms with Crippen LogP contribution in [0.5, 0.6) is 17.2 Å². The van der Waals surface area contributed by atoms with Crippen LogP contribution in [-0.4, -0.2) is 77.1 Å². The first-order valence-electron chi connectivity index (χ1n) is 19.8. The Balaban J connectivity index is 1.55. The molecule has 1 fully saturated rings. The first-order valence-corrected chi connectivity index (χ1v) is 19.8. The molecule has 1 saturated carbocycles. The van der Waals surface area contributed by atoms with Gasteiger partial charge in [0.1, 0.15) is 29.9 Å². The highest BCUT2D eigenvalue weighted by molar-refractivity contribution is 6.02. The van der Waals surface area contributed by atoms with E-state index in [1.165, 1.54) is 17.0 Å². The van der Waals surface area contributed by atoms with Crippen LogP contribution in [0.15, 0.2) is 102 Å². The Bertz CT molecular complexity index is 1920. The third kappa shape index (κ3) is 9.16. The molecule has 13 nitrogen and oxygen atoms in total. The van der Waals surface area contributed by atoms with E-state index in [9.17, 15) is 25.1 Å². The summed E-state index contributed by atoms with van der Waals surface area (Å²) in [5.74, 6) is -0.838. The van der Waals surface area contributed by atoms with Crippen LogP contribution < -0.4 is 9.47 Å². The largest absolute Gasteiger partial charge is 0.459 e. The molecule has 0 radical (unpaired) electrons. The lowest BCUT2D eigenvalue weighted by Gasteiger charge is -2.59. The molecule has 3 aliphatic rings. The number of ether oxygens (including phenoxy) is 4. The van der Waals surface area contributed by atoms with Gasteiger partial charge < -0.3 is 38.9 Å². The summed E-state index contributed by atoms with van der Waals surface area (Å²) >= 11 is 0. The third-order valence-corrected chi connectivity index (χ3v) is 11.2. The quantitative estimate of drug-likeness (QED) is 0.0523. The fraction of sp³-hybridized carbons (Fsp3) is 0.455. The maximum atomic E-state index is 13.6. The number of hydrogen-bond acceptors (Lipinski definition) is 11. The van der Waals surface area contributed by atoms with Crippen molar-refractivity contribution in [3.05, 3.63) is 118 Å². The summed E-state index contributed by atoms with van der Waals surface area (Å²) in [7, 11) is 1.68. The number of allylic oxidation sites excluding steroid dienone is 1. The molecule has 2 N–H and O–H groups in total. The molecule has 1 heterocycles. The number of nitro groups is 1. The Hall–Kier alpha value is -5.24. The molecule has 0 spiro atoms. The van der Waals surface area contributed by atoms with Gasteiger partial charge in [0.05, 0.1) is 35.8 Å². The van der Waals surface area contributed by atoms with Gasteiger partial charge in [-0.1, -0.05) is 66.5 Å². The average Bonchev–Trinajstić information content (AvgIpc) is 3.22. The zero-order valence-corrected chi connectivity index (χ0v) is 32.7. The fourth-order valence-electron chi connectivity index (χ4n) is 8.70. The van der Waals surface area contributed by atoms with E-state index < -0.39 is 28.8 Å². The second kappa shape index (κ2) is 19.3. The molecule has 13 heteroatoms. The molecule has 1 amide bonds. The van der Waals surface area contributed by atoms with Crippen LogP contribution in [0.1, 0.15) is 68.9 Å². The van der Waals surface area contributed by atoms with Crippen LogP contribution >= 0.6 is 0 Å². The number of aliphatic hydroxyl groups is 2. The molecule has 0 saturated heterocycles. The topological polar surface area (TPSA) is 162 Å². The van der Waals surface area contributed by atoms with Crippen LogP contribution in [-0.2, 0) is 20.9 Å². The van der Waals surface area contributed by atoms with Crippen molar-refractivity contribution in [3.8, 4) is 17.2 Å². The number of non-ortho nitro benzene ring substituents is 1. The van der Waals surface area contributed by atoms with E-state index in [2.05, 4.69) is 12.7 Å². The zero-order valence-electron chi connectivity index (χ0n) is 32.7. The summed E-state index contributed by atoms with van der Waals surface area (Å²) in [4.78, 5) is 32.4. The van der Waals surface area contributed by atoms with Crippen molar-refractivity contribution >= 4 is 17.5 Å². The lowest BCUT2D eigenvalue weighted by atomic mass is 9.55. The molecule has 0 bridgehead atoms. The Morgan fingerprint density at radius 2 is 1.79 bits per heavy atom. The van der Waals surface area contributed by atoms with Gasteiger partial charge in [-0.25, -0.2) is 4.79 Å². The monoisotopic (exact) mass is 783 g/mol. The minimum Gasteiger partial charge on any atom is -0.459 e. The highest BCUT2D eigenvalue weighted by atomic mass is 16.7. The number of hydrogen-bond donors (Lipinski definition) is 2. The summed E-state index contributed by atoms with van der Waals surface area (Å²) in [6, 6.07) is 20.6. The van der Waals surface area contributed by atoms with Crippen molar-refractivity contribution < 1.29 is 43.7 Å². The average molecular weight is 784 g/mol. The van der Waals surface area contributed by atoms with E-state index in [1.54, 1.807) is 38.2 Å². The van der Waals surface area contributed by atoms with Crippen molar-refractivity contribution in [2.24, 2.45) is 22.9 Å². The first-order chi connectivity index (χ1) is 27.7. The molecule has 0 aromatic heterocycles. The van der Waals surface area contributed by atoms with Gasteiger partial charge in [-0.05, 0) is 79.8 Å². The van der Waals surface area contributed by atoms with Crippen molar-refractivity contribution in [1.29, 1.82) is 0 Å². The van der Waals surface area contributed by atoms with Gasteiger partial charge in [-0.2, -0.15) is 0 Å². The number of rotatable bonds is 19. The minimum absolute atomic E-state index is 0.00421. The smallest absolute Gasteiger partial charge is 0.409 e. The van der Waals surface area contributed by atoms with Gasteiger partial charge in [0.2, 0.25) is 5.79 Å². The van der Waals surface area contributed by atoms with Crippen molar-refractivity contribution in [2.45, 2.75) is 76.2 Å². The van der Waals surface area contributed by atoms with E-state index in [4.69, 9.17) is 28.9 Å². The molecule has 0 unspecified atom stereocenters. The molecule has 57 heavy (non-hydrogen) atoms. The third-order valence-electron chi connectivity index (χ3n) is 11.2. The number of fused-ring (bicyclic) bond motifs is 2. The SMILES string of the molecule is C=CCO[C@@]12Oc3ccc(Oc4cccc([N+](=O)[O-])c4)cc3[C@H]3[C@H](CCCCO)[C@@H](CCCCO)C=C(C(=NOCc4ccccc4)C[C@@H]1N(C)C(=O)OCC)[C@H]32. The van der Waals surface area contributed by atoms with Gasteiger partial charge in [-0.3, -0.25) is 10.1 Å². The predicted molar refractivity (Wildman–Crippen MR) is 214 cm³/mol. The molecule has 2 aliphatic carbocycles. The molecule has 3 aromatic carbocycles. The number of aliphatic hydroxyl groups excluding tert-OH is 2. The van der Waals surface area contributed by atoms with Crippen molar-refractivity contribution in [2.75, 3.05) is 33.5 Å². The number of amides is 1. The normalized spacial score (nSPS) is 24.0. The molecule has 6 atom stereocenters. The Morgan fingerprint density at radius 1 is 1.04 bits per heavy atom. The number of nitrogens with zero attached hydrogens (tertiary/aromatic N) is 3. The lowest BCUT2D eigenvalue weighted by molar-refractivity contribution is -0.384. The molecular weight excluding hydrogens is 730 g/mol. The highest BCUT2D eigenvalue weighted by Crippen LogP contribution is 2.62. The maximum Gasteiger partial charge on any atom is 0.409 e. The van der Waals surface area contributed by atoms with Gasteiger partial charge in [-0.15, -0.1) is 6.58 Å². The first kappa shape index (κ1) is 41.4. The van der Waals surface area contributed by atoms with Crippen LogP contribution in [0.2, 0.25) is 0 Å². The van der Waals surface area contributed by atoms with E-state index in [-0.39, 0.29) is 62.9 Å². The van der Waals surface area contributed by atoms with E-state index in [1.807, 2.05) is 42.5 Å². The maximum absolute atomic E-state index is 13.6. The summed E-state index contributed by atoms with van der Waals surface area (Å²) in [5, 5.41) is 36.1. The molecule has 6 rings (SSSR count). The number of oxime groups is 1. The molecule has 1 aliphatic heterocycles. The lowest BCUT2D eigenvalue weighted by Crippen LogP contribution is -2.69. The zero-order chi connectivity index (χ0) is 40.4. The predicted octanol–water partition coefficient (Wildman–Crippen LogP) is 8.31. The number of nitro benzene ring substituents is 1. The van der Waals surface area contributed by atoms with Gasteiger partial charge in [0.25, 0.3) is 5.69 Å². The van der Waals surface area contributed by atoms with Crippen molar-refractivity contribution in [3.63, 3.8) is 0 Å². The van der Waals surface area contributed by atoms with Crippen molar-refractivity contribution in [1.82, 2.24) is 4.90 Å².